The summed E-state index contributed by atoms with van der Waals surface area (Å²) < 4.78 is 5.28. The minimum atomic E-state index is -0.979. The molecule has 2 N–H and O–H groups in total. The number of methoxy groups -OCH3 is 1. The number of carboxylic acids is 1. The number of ketones is 1. The first-order valence-electron chi connectivity index (χ1n) is 12.7. The number of aryl methyl sites for hydroxylation is 1. The van der Waals surface area contributed by atoms with Gasteiger partial charge in [0, 0.05) is 31.0 Å². The molecule has 0 radical (unpaired) electrons. The number of hydrogen-bond donors (Lipinski definition) is 2. The standard InChI is InChI=1S/C31H30N2O6/c1-39-29-14-12-24-17-22(7-11-25(24)19-29)8-13-28(34)20-30(26-3-2-4-27(18-26)33(37)38)32-16-15-21-5-9-23(10-6-21)31(35)36/h2-7,9-12,14,17-19,30,32H,8,13,15-16,20H2,1H3,(H,35,36). The Morgan fingerprint density at radius 2 is 1.64 bits per heavy atom. The van der Waals surface area contributed by atoms with Crippen LogP contribution in [-0.2, 0) is 17.6 Å². The zero-order valence-electron chi connectivity index (χ0n) is 21.6. The molecule has 8 heteroatoms. The third-order valence-corrected chi connectivity index (χ3v) is 6.72. The van der Waals surface area contributed by atoms with Gasteiger partial charge in [-0.25, -0.2) is 4.79 Å². The molecule has 39 heavy (non-hydrogen) atoms. The van der Waals surface area contributed by atoms with Crippen molar-refractivity contribution in [2.75, 3.05) is 13.7 Å². The van der Waals surface area contributed by atoms with Gasteiger partial charge in [-0.2, -0.15) is 0 Å². The van der Waals surface area contributed by atoms with Gasteiger partial charge in [0.25, 0.3) is 5.69 Å². The fourth-order valence-corrected chi connectivity index (χ4v) is 4.54. The molecule has 0 saturated heterocycles. The minimum Gasteiger partial charge on any atom is -0.497 e. The van der Waals surface area contributed by atoms with Gasteiger partial charge in [-0.1, -0.05) is 48.5 Å². The van der Waals surface area contributed by atoms with Crippen molar-refractivity contribution < 1.29 is 24.4 Å². The Balaban J connectivity index is 1.41. The molecule has 4 aromatic carbocycles. The summed E-state index contributed by atoms with van der Waals surface area (Å²) in [5.41, 5.74) is 2.89. The highest BCUT2D eigenvalue weighted by Gasteiger charge is 2.18. The number of non-ortho nitro benzene ring substituents is 1. The van der Waals surface area contributed by atoms with Crippen molar-refractivity contribution in [2.45, 2.75) is 31.7 Å². The van der Waals surface area contributed by atoms with E-state index >= 15 is 0 Å². The summed E-state index contributed by atoms with van der Waals surface area (Å²) in [6.07, 6.45) is 1.76. The van der Waals surface area contributed by atoms with Gasteiger partial charge in [0.05, 0.1) is 17.6 Å². The number of benzene rings is 4. The zero-order valence-corrected chi connectivity index (χ0v) is 21.6. The second kappa shape index (κ2) is 12.8. The summed E-state index contributed by atoms with van der Waals surface area (Å²) in [6.45, 7) is 0.515. The van der Waals surface area contributed by atoms with E-state index in [0.717, 1.165) is 27.6 Å². The van der Waals surface area contributed by atoms with Crippen LogP contribution < -0.4 is 10.1 Å². The zero-order chi connectivity index (χ0) is 27.8. The van der Waals surface area contributed by atoms with Crippen molar-refractivity contribution in [1.29, 1.82) is 0 Å². The Morgan fingerprint density at radius 3 is 2.36 bits per heavy atom. The number of nitrogens with one attached hydrogen (secondary N) is 1. The lowest BCUT2D eigenvalue weighted by Crippen LogP contribution is -2.26. The lowest BCUT2D eigenvalue weighted by molar-refractivity contribution is -0.384. The molecule has 4 aromatic rings. The SMILES string of the molecule is COc1ccc2cc(CCC(=O)CC(NCCc3ccc(C(=O)O)cc3)c3cccc([N+](=O)[O-])c3)ccc2c1. The smallest absolute Gasteiger partial charge is 0.335 e. The van der Waals surface area contributed by atoms with E-state index in [9.17, 15) is 19.7 Å². The molecule has 1 unspecified atom stereocenters. The highest BCUT2D eigenvalue weighted by molar-refractivity contribution is 5.87. The van der Waals surface area contributed by atoms with Crippen molar-refractivity contribution in [3.05, 3.63) is 117 Å². The third kappa shape index (κ3) is 7.49. The van der Waals surface area contributed by atoms with E-state index in [4.69, 9.17) is 9.84 Å². The number of carbonyl (C=O) groups excluding carboxylic acids is 1. The number of nitro benzene ring substituents is 1. The summed E-state index contributed by atoms with van der Waals surface area (Å²) in [7, 11) is 1.63. The fraction of sp³-hybridized carbons (Fsp3) is 0.226. The van der Waals surface area contributed by atoms with Crippen molar-refractivity contribution in [1.82, 2.24) is 5.32 Å². The largest absolute Gasteiger partial charge is 0.497 e. The molecule has 200 valence electrons. The van der Waals surface area contributed by atoms with E-state index in [2.05, 4.69) is 11.4 Å². The maximum Gasteiger partial charge on any atom is 0.335 e. The van der Waals surface area contributed by atoms with E-state index in [0.29, 0.717) is 31.4 Å². The van der Waals surface area contributed by atoms with Crippen LogP contribution in [0.15, 0.2) is 84.9 Å². The number of Topliss-reactive ketones (excluding diaryl/α,β-unsaturated/α-hetero) is 1. The molecule has 0 fully saturated rings. The monoisotopic (exact) mass is 526 g/mol. The van der Waals surface area contributed by atoms with Crippen LogP contribution in [0.1, 0.15) is 45.9 Å². The van der Waals surface area contributed by atoms with Crippen LogP contribution in [0.4, 0.5) is 5.69 Å². The lowest BCUT2D eigenvalue weighted by atomic mass is 9.96. The predicted octanol–water partition coefficient (Wildman–Crippen LogP) is 5.92. The molecular formula is C31H30N2O6. The predicted molar refractivity (Wildman–Crippen MR) is 149 cm³/mol. The minimum absolute atomic E-state index is 0.0243. The van der Waals surface area contributed by atoms with E-state index in [1.54, 1.807) is 43.5 Å². The Morgan fingerprint density at radius 1 is 0.923 bits per heavy atom. The quantitative estimate of drug-likeness (QED) is 0.164. The number of carboxylic acid groups (broad SMARTS) is 1. The van der Waals surface area contributed by atoms with Crippen LogP contribution in [0, 0.1) is 10.1 Å². The van der Waals surface area contributed by atoms with Crippen molar-refractivity contribution >= 4 is 28.2 Å². The van der Waals surface area contributed by atoms with Crippen LogP contribution in [0.5, 0.6) is 5.75 Å². The van der Waals surface area contributed by atoms with E-state index in [1.807, 2.05) is 30.3 Å². The first kappa shape index (κ1) is 27.5. The highest BCUT2D eigenvalue weighted by Crippen LogP contribution is 2.25. The number of aromatic carboxylic acids is 1. The number of fused-ring (bicyclic) bond motifs is 1. The van der Waals surface area contributed by atoms with Gasteiger partial charge in [-0.05, 0) is 71.1 Å². The Hall–Kier alpha value is -4.56. The van der Waals surface area contributed by atoms with Crippen molar-refractivity contribution in [2.24, 2.45) is 0 Å². The van der Waals surface area contributed by atoms with Crippen molar-refractivity contribution in [3.8, 4) is 5.75 Å². The van der Waals surface area contributed by atoms with Gasteiger partial charge in [0.15, 0.2) is 0 Å². The average molecular weight is 527 g/mol. The molecule has 0 saturated carbocycles. The van der Waals surface area contributed by atoms with Crippen LogP contribution in [0.25, 0.3) is 10.8 Å². The molecule has 0 aromatic heterocycles. The maximum atomic E-state index is 13.1. The number of nitro groups is 1. The Kier molecular flexibility index (Phi) is 9.01. The molecule has 0 spiro atoms. The molecule has 0 amide bonds. The number of ether oxygens (including phenoxy) is 1. The first-order valence-corrected chi connectivity index (χ1v) is 12.7. The lowest BCUT2D eigenvalue weighted by Gasteiger charge is -2.19. The molecule has 0 heterocycles. The summed E-state index contributed by atoms with van der Waals surface area (Å²) in [6, 6.07) is 24.6. The molecule has 0 bridgehead atoms. The number of carbonyl (C=O) groups is 2. The van der Waals surface area contributed by atoms with E-state index in [1.165, 1.54) is 12.1 Å². The number of nitrogens with zero attached hydrogens (tertiary/aromatic N) is 1. The summed E-state index contributed by atoms with van der Waals surface area (Å²) >= 11 is 0. The number of rotatable bonds is 13. The van der Waals surface area contributed by atoms with Crippen LogP contribution in [0.2, 0.25) is 0 Å². The van der Waals surface area contributed by atoms with Gasteiger partial charge in [0.2, 0.25) is 0 Å². The first-order chi connectivity index (χ1) is 18.8. The van der Waals surface area contributed by atoms with Gasteiger partial charge in [0.1, 0.15) is 11.5 Å². The molecule has 0 aliphatic carbocycles. The average Bonchev–Trinajstić information content (AvgIpc) is 2.95. The van der Waals surface area contributed by atoms with Crippen LogP contribution in [-0.4, -0.2) is 35.4 Å². The van der Waals surface area contributed by atoms with Gasteiger partial charge in [-0.15, -0.1) is 0 Å². The van der Waals surface area contributed by atoms with Crippen LogP contribution >= 0.6 is 0 Å². The summed E-state index contributed by atoms with van der Waals surface area (Å²) in [5, 5.41) is 25.9. The molecule has 8 nitrogen and oxygen atoms in total. The highest BCUT2D eigenvalue weighted by atomic mass is 16.6. The van der Waals surface area contributed by atoms with Gasteiger partial charge in [-0.3, -0.25) is 14.9 Å². The van der Waals surface area contributed by atoms with E-state index < -0.39 is 10.9 Å². The van der Waals surface area contributed by atoms with E-state index in [-0.39, 0.29) is 29.5 Å². The fourth-order valence-electron chi connectivity index (χ4n) is 4.54. The molecular weight excluding hydrogens is 496 g/mol. The Labute approximate surface area is 226 Å². The summed E-state index contributed by atoms with van der Waals surface area (Å²) in [5.74, 6) is -0.130. The summed E-state index contributed by atoms with van der Waals surface area (Å²) in [4.78, 5) is 35.0. The second-order valence-electron chi connectivity index (χ2n) is 9.40. The topological polar surface area (TPSA) is 119 Å². The molecule has 0 aliphatic rings. The normalized spacial score (nSPS) is 11.7. The molecule has 1 atom stereocenters. The molecule has 4 rings (SSSR count). The maximum absolute atomic E-state index is 13.1. The molecule has 0 aliphatic heterocycles. The second-order valence-corrected chi connectivity index (χ2v) is 9.40. The van der Waals surface area contributed by atoms with Crippen molar-refractivity contribution in [3.63, 3.8) is 0 Å². The van der Waals surface area contributed by atoms with Crippen LogP contribution in [0.3, 0.4) is 0 Å². The van der Waals surface area contributed by atoms with Gasteiger partial charge >= 0.3 is 5.97 Å². The third-order valence-electron chi connectivity index (χ3n) is 6.72. The Bertz CT molecular complexity index is 1480. The number of hydrogen-bond acceptors (Lipinski definition) is 6. The van der Waals surface area contributed by atoms with Gasteiger partial charge < -0.3 is 15.2 Å².